The smallest absolute Gasteiger partial charge is 0.322 e. The maximum absolute atomic E-state index is 11.4. The third-order valence-corrected chi connectivity index (χ3v) is 4.37. The van der Waals surface area contributed by atoms with Gasteiger partial charge in [-0.25, -0.2) is 0 Å². The number of unbranched alkanes of at least 4 members (excludes halogenated alkanes) is 1. The Morgan fingerprint density at radius 2 is 2.00 bits per heavy atom. The molecular weight excluding hydrogens is 399 g/mol. The normalized spacial score (nSPS) is 11.1. The quantitative estimate of drug-likeness (QED) is 0.320. The first kappa shape index (κ1) is 22.7. The van der Waals surface area contributed by atoms with Gasteiger partial charge in [0.05, 0.1) is 16.6 Å². The van der Waals surface area contributed by atoms with Gasteiger partial charge >= 0.3 is 5.97 Å². The third-order valence-electron chi connectivity index (χ3n) is 3.49. The van der Waals surface area contributed by atoms with Gasteiger partial charge in [0.2, 0.25) is 11.6 Å². The molecule has 1 aromatic rings. The lowest BCUT2D eigenvalue weighted by molar-refractivity contribution is -0.425. The minimum Gasteiger partial charge on any atom is -0.492 e. The molecule has 0 heterocycles. The van der Waals surface area contributed by atoms with Crippen molar-refractivity contribution in [2.45, 2.75) is 32.6 Å². The molecule has 2 N–H and O–H groups in total. The number of carbonyl (C=O) groups excluding carboxylic acids is 1. The number of carboxylic acid groups (broad SMARTS) is 1. The summed E-state index contributed by atoms with van der Waals surface area (Å²) in [6, 6.07) is 3.16. The Labute approximate surface area is 166 Å². The molecule has 0 radical (unpaired) electrons. The number of halogens is 2. The fourth-order valence-electron chi connectivity index (χ4n) is 2.07. The average Bonchev–Trinajstić information content (AvgIpc) is 2.62. The number of nitrogens with zero attached hydrogens (tertiary/aromatic N) is 1. The first-order valence-electron chi connectivity index (χ1n) is 8.20. The fraction of sp³-hybridized carbons (Fsp3) is 0.412. The Bertz CT molecular complexity index is 736. The molecule has 10 heteroatoms. The molecule has 0 saturated heterocycles. The van der Waals surface area contributed by atoms with E-state index in [1.165, 1.54) is 6.08 Å². The highest BCUT2D eigenvalue weighted by molar-refractivity contribution is 6.43. The van der Waals surface area contributed by atoms with E-state index in [1.807, 2.05) is 0 Å². The van der Waals surface area contributed by atoms with Gasteiger partial charge in [0.25, 0.3) is 0 Å². The summed E-state index contributed by atoms with van der Waals surface area (Å²) in [4.78, 5) is 32.1. The Hall–Kier alpha value is -2.32. The van der Waals surface area contributed by atoms with Gasteiger partial charge in [-0.3, -0.25) is 19.7 Å². The number of hydrogen-bond acceptors (Lipinski definition) is 5. The highest BCUT2D eigenvalue weighted by atomic mass is 35.5. The second-order valence-electron chi connectivity index (χ2n) is 5.50. The number of ether oxygens (including phenoxy) is 1. The molecule has 1 aromatic carbocycles. The molecule has 0 spiro atoms. The van der Waals surface area contributed by atoms with Crippen LogP contribution in [0, 0.1) is 10.1 Å². The van der Waals surface area contributed by atoms with Crippen LogP contribution in [0.15, 0.2) is 17.8 Å². The van der Waals surface area contributed by atoms with Crippen molar-refractivity contribution in [2.24, 2.45) is 0 Å². The number of nitrogens with one attached hydrogen (secondary N) is 1. The van der Waals surface area contributed by atoms with Crippen LogP contribution in [0.3, 0.4) is 0 Å². The summed E-state index contributed by atoms with van der Waals surface area (Å²) in [5.74, 6) is -1.10. The topological polar surface area (TPSA) is 119 Å². The molecule has 0 aliphatic carbocycles. The summed E-state index contributed by atoms with van der Waals surface area (Å²) in [7, 11) is 0. The van der Waals surface area contributed by atoms with E-state index in [4.69, 9.17) is 33.0 Å². The van der Waals surface area contributed by atoms with Crippen LogP contribution < -0.4 is 10.1 Å². The van der Waals surface area contributed by atoms with E-state index in [-0.39, 0.29) is 41.1 Å². The summed E-state index contributed by atoms with van der Waals surface area (Å²) < 4.78 is 5.53. The molecule has 8 nitrogen and oxygen atoms in total. The summed E-state index contributed by atoms with van der Waals surface area (Å²) in [6.45, 7) is 1.55. The monoisotopic (exact) mass is 418 g/mol. The molecule has 0 aliphatic heterocycles. The van der Waals surface area contributed by atoms with Crippen molar-refractivity contribution in [1.82, 2.24) is 5.32 Å². The molecule has 0 bridgehead atoms. The molecule has 0 fully saturated rings. The number of allylic oxidation sites excluding steroid dienone is 1. The molecule has 0 aromatic heterocycles. The van der Waals surface area contributed by atoms with Gasteiger partial charge in [0.1, 0.15) is 17.3 Å². The molecule has 0 aliphatic rings. The zero-order valence-electron chi connectivity index (χ0n) is 14.7. The van der Waals surface area contributed by atoms with Crippen molar-refractivity contribution in [3.05, 3.63) is 43.6 Å². The number of aliphatic carboxylic acids is 1. The third kappa shape index (κ3) is 7.84. The van der Waals surface area contributed by atoms with Gasteiger partial charge in [-0.2, -0.15) is 0 Å². The lowest BCUT2D eigenvalue weighted by Gasteiger charge is -2.10. The van der Waals surface area contributed by atoms with E-state index in [2.05, 4.69) is 5.32 Å². The first-order chi connectivity index (χ1) is 12.8. The van der Waals surface area contributed by atoms with Gasteiger partial charge in [-0.1, -0.05) is 30.1 Å². The van der Waals surface area contributed by atoms with Crippen LogP contribution in [0.2, 0.25) is 10.0 Å². The minimum absolute atomic E-state index is 0.0165. The molecule has 1 rings (SSSR count). The van der Waals surface area contributed by atoms with E-state index in [0.29, 0.717) is 24.2 Å². The van der Waals surface area contributed by atoms with Gasteiger partial charge in [0, 0.05) is 24.5 Å². The highest BCUT2D eigenvalue weighted by Crippen LogP contribution is 2.36. The summed E-state index contributed by atoms with van der Waals surface area (Å²) in [6.07, 6.45) is 2.88. The SMILES string of the molecule is CC/C(=C/c1ccc(OCCCCC(=O)NCC(=O)O)c(Cl)c1Cl)[N+](=O)[O-]. The van der Waals surface area contributed by atoms with Crippen molar-refractivity contribution in [3.63, 3.8) is 0 Å². The lowest BCUT2D eigenvalue weighted by Crippen LogP contribution is -2.28. The highest BCUT2D eigenvalue weighted by Gasteiger charge is 2.14. The van der Waals surface area contributed by atoms with Gasteiger partial charge in [-0.05, 0) is 25.0 Å². The number of nitro groups is 1. The average molecular weight is 419 g/mol. The van der Waals surface area contributed by atoms with Crippen LogP contribution in [0.25, 0.3) is 6.08 Å². The second-order valence-corrected chi connectivity index (χ2v) is 6.26. The zero-order chi connectivity index (χ0) is 20.4. The van der Waals surface area contributed by atoms with Crippen molar-refractivity contribution < 1.29 is 24.4 Å². The van der Waals surface area contributed by atoms with Crippen LogP contribution in [0.4, 0.5) is 0 Å². The largest absolute Gasteiger partial charge is 0.492 e. The maximum atomic E-state index is 11.4. The van der Waals surface area contributed by atoms with Crippen LogP contribution in [0.5, 0.6) is 5.75 Å². The number of rotatable bonds is 11. The number of carboxylic acids is 1. The number of hydrogen-bond donors (Lipinski definition) is 2. The Morgan fingerprint density at radius 3 is 2.59 bits per heavy atom. The minimum atomic E-state index is -1.10. The van der Waals surface area contributed by atoms with E-state index in [1.54, 1.807) is 19.1 Å². The predicted molar refractivity (Wildman–Crippen MR) is 102 cm³/mol. The lowest BCUT2D eigenvalue weighted by atomic mass is 10.1. The maximum Gasteiger partial charge on any atom is 0.322 e. The first-order valence-corrected chi connectivity index (χ1v) is 8.96. The van der Waals surface area contributed by atoms with E-state index in [0.717, 1.165) is 0 Å². The van der Waals surface area contributed by atoms with E-state index >= 15 is 0 Å². The van der Waals surface area contributed by atoms with Gasteiger partial charge in [0.15, 0.2) is 0 Å². The van der Waals surface area contributed by atoms with Gasteiger partial charge in [-0.15, -0.1) is 0 Å². The van der Waals surface area contributed by atoms with Crippen molar-refractivity contribution in [2.75, 3.05) is 13.2 Å². The molecular formula is C17H20Cl2N2O6. The molecule has 0 atom stereocenters. The van der Waals surface area contributed by atoms with Crippen molar-refractivity contribution in [1.29, 1.82) is 0 Å². The Morgan fingerprint density at radius 1 is 1.30 bits per heavy atom. The second kappa shape index (κ2) is 11.4. The predicted octanol–water partition coefficient (Wildman–Crippen LogP) is 3.77. The summed E-state index contributed by atoms with van der Waals surface area (Å²) in [5, 5.41) is 22.0. The Balaban J connectivity index is 2.55. The van der Waals surface area contributed by atoms with E-state index in [9.17, 15) is 19.7 Å². The molecule has 148 valence electrons. The van der Waals surface area contributed by atoms with Crippen LogP contribution in [-0.4, -0.2) is 35.1 Å². The standard InChI is InChI=1S/C17H20Cl2N2O6/c1-2-12(21(25)26)9-11-6-7-13(17(19)16(11)18)27-8-4-3-5-14(22)20-10-15(23)24/h6-7,9H,2-5,8,10H2,1H3,(H,20,22)(H,23,24)/b12-9-. The Kier molecular flexibility index (Phi) is 9.60. The van der Waals surface area contributed by atoms with Crippen LogP contribution >= 0.6 is 23.2 Å². The molecule has 27 heavy (non-hydrogen) atoms. The number of benzene rings is 1. The van der Waals surface area contributed by atoms with Crippen LogP contribution in [0.1, 0.15) is 38.2 Å². The van der Waals surface area contributed by atoms with Crippen molar-refractivity contribution in [3.8, 4) is 5.75 Å². The van der Waals surface area contributed by atoms with Gasteiger partial charge < -0.3 is 15.2 Å². The number of carbonyl (C=O) groups is 2. The summed E-state index contributed by atoms with van der Waals surface area (Å²) in [5.41, 5.74) is 0.445. The molecule has 0 saturated carbocycles. The molecule has 0 unspecified atom stereocenters. The van der Waals surface area contributed by atoms with Crippen molar-refractivity contribution >= 4 is 41.2 Å². The van der Waals surface area contributed by atoms with Crippen LogP contribution in [-0.2, 0) is 9.59 Å². The summed E-state index contributed by atoms with van der Waals surface area (Å²) >= 11 is 12.3. The fourth-order valence-corrected chi connectivity index (χ4v) is 2.50. The zero-order valence-corrected chi connectivity index (χ0v) is 16.2. The number of amides is 1. The molecule has 1 amide bonds. The van der Waals surface area contributed by atoms with E-state index < -0.39 is 17.4 Å².